The summed E-state index contributed by atoms with van der Waals surface area (Å²) in [6, 6.07) is 0.120. The van der Waals surface area contributed by atoms with Crippen molar-refractivity contribution in [3.05, 3.63) is 0 Å². The quantitative estimate of drug-likeness (QED) is 0.360. The third-order valence-corrected chi connectivity index (χ3v) is 4.44. The topological polar surface area (TPSA) is 89.0 Å². The van der Waals surface area contributed by atoms with Crippen molar-refractivity contribution in [1.29, 1.82) is 0 Å². The minimum Gasteiger partial charge on any atom is -0.377 e. The second kappa shape index (κ2) is 13.9. The SMILES string of the molecule is CC(N)COC(C)COC(C)(C)CCCCOC(C)(C)CC(C)OCC(C)N. The van der Waals surface area contributed by atoms with Crippen LogP contribution in [0.25, 0.3) is 0 Å². The minimum atomic E-state index is -0.198. The Morgan fingerprint density at radius 2 is 1.21 bits per heavy atom. The zero-order valence-electron chi connectivity index (χ0n) is 19.8. The summed E-state index contributed by atoms with van der Waals surface area (Å²) in [7, 11) is 0. The van der Waals surface area contributed by atoms with Crippen LogP contribution in [0.1, 0.15) is 81.1 Å². The molecule has 28 heavy (non-hydrogen) atoms. The molecule has 0 aromatic heterocycles. The molecule has 0 fully saturated rings. The summed E-state index contributed by atoms with van der Waals surface area (Å²) in [6.45, 7) is 19.0. The van der Waals surface area contributed by atoms with Crippen LogP contribution in [0.4, 0.5) is 0 Å². The summed E-state index contributed by atoms with van der Waals surface area (Å²) in [5.74, 6) is 0. The molecule has 0 radical (unpaired) electrons. The lowest BCUT2D eigenvalue weighted by atomic mass is 10.00. The van der Waals surface area contributed by atoms with E-state index < -0.39 is 0 Å². The Morgan fingerprint density at radius 1 is 0.679 bits per heavy atom. The zero-order valence-corrected chi connectivity index (χ0v) is 19.8. The summed E-state index contributed by atoms with van der Waals surface area (Å²) >= 11 is 0. The van der Waals surface area contributed by atoms with Gasteiger partial charge in [-0.25, -0.2) is 0 Å². The van der Waals surface area contributed by atoms with E-state index in [1.54, 1.807) is 0 Å². The second-order valence-corrected chi connectivity index (χ2v) is 9.58. The summed E-state index contributed by atoms with van der Waals surface area (Å²) < 4.78 is 23.5. The van der Waals surface area contributed by atoms with Gasteiger partial charge in [0.2, 0.25) is 0 Å². The van der Waals surface area contributed by atoms with E-state index in [1.165, 1.54) is 0 Å². The molecule has 0 amide bonds. The summed E-state index contributed by atoms with van der Waals surface area (Å²) in [6.07, 6.45) is 4.12. The van der Waals surface area contributed by atoms with Crippen LogP contribution in [0.5, 0.6) is 0 Å². The van der Waals surface area contributed by atoms with Crippen LogP contribution in [-0.4, -0.2) is 61.9 Å². The predicted molar refractivity (Wildman–Crippen MR) is 117 cm³/mol. The van der Waals surface area contributed by atoms with E-state index in [-0.39, 0.29) is 35.5 Å². The van der Waals surface area contributed by atoms with Gasteiger partial charge in [-0.1, -0.05) is 0 Å². The predicted octanol–water partition coefficient (Wildman–Crippen LogP) is 3.64. The number of unbranched alkanes of at least 4 members (excludes halogenated alkanes) is 1. The Morgan fingerprint density at radius 3 is 1.75 bits per heavy atom. The molecule has 0 aliphatic rings. The summed E-state index contributed by atoms with van der Waals surface area (Å²) in [5.41, 5.74) is 11.1. The van der Waals surface area contributed by atoms with Gasteiger partial charge in [0, 0.05) is 25.1 Å². The maximum absolute atomic E-state index is 6.09. The lowest BCUT2D eigenvalue weighted by Crippen LogP contribution is -2.33. The van der Waals surface area contributed by atoms with E-state index in [4.69, 9.17) is 30.4 Å². The smallest absolute Gasteiger partial charge is 0.0781 e. The van der Waals surface area contributed by atoms with Gasteiger partial charge in [-0.2, -0.15) is 0 Å². The molecule has 0 aliphatic heterocycles. The molecule has 0 aliphatic carbocycles. The van der Waals surface area contributed by atoms with Gasteiger partial charge in [0.15, 0.2) is 0 Å². The first kappa shape index (κ1) is 27.8. The molecular formula is C22H48N2O4. The normalized spacial score (nSPS) is 17.4. The fraction of sp³-hybridized carbons (Fsp3) is 1.00. The van der Waals surface area contributed by atoms with Crippen LogP contribution in [-0.2, 0) is 18.9 Å². The van der Waals surface area contributed by atoms with E-state index >= 15 is 0 Å². The molecule has 0 heterocycles. The van der Waals surface area contributed by atoms with Crippen LogP contribution < -0.4 is 11.5 Å². The Labute approximate surface area is 174 Å². The van der Waals surface area contributed by atoms with Crippen molar-refractivity contribution >= 4 is 0 Å². The van der Waals surface area contributed by atoms with E-state index in [9.17, 15) is 0 Å². The number of ether oxygens (including phenoxy) is 4. The van der Waals surface area contributed by atoms with Crippen molar-refractivity contribution in [2.24, 2.45) is 11.5 Å². The van der Waals surface area contributed by atoms with Gasteiger partial charge in [0.05, 0.1) is 43.2 Å². The Bertz CT molecular complexity index is 387. The highest BCUT2D eigenvalue weighted by molar-refractivity contribution is 4.74. The lowest BCUT2D eigenvalue weighted by Gasteiger charge is -2.30. The van der Waals surface area contributed by atoms with Gasteiger partial charge >= 0.3 is 0 Å². The highest BCUT2D eigenvalue weighted by atomic mass is 16.5. The zero-order chi connectivity index (χ0) is 21.8. The van der Waals surface area contributed by atoms with Crippen molar-refractivity contribution in [1.82, 2.24) is 0 Å². The van der Waals surface area contributed by atoms with E-state index in [2.05, 4.69) is 34.6 Å². The monoisotopic (exact) mass is 404 g/mol. The highest BCUT2D eigenvalue weighted by Gasteiger charge is 2.23. The molecule has 0 aromatic rings. The summed E-state index contributed by atoms with van der Waals surface area (Å²) in [5, 5.41) is 0. The second-order valence-electron chi connectivity index (χ2n) is 9.58. The van der Waals surface area contributed by atoms with Gasteiger partial charge in [0.1, 0.15) is 0 Å². The molecule has 4 unspecified atom stereocenters. The molecule has 0 saturated carbocycles. The van der Waals surface area contributed by atoms with Gasteiger partial charge in [-0.3, -0.25) is 0 Å². The molecule has 6 nitrogen and oxygen atoms in total. The average Bonchev–Trinajstić information content (AvgIpc) is 2.55. The Hall–Kier alpha value is -0.240. The van der Waals surface area contributed by atoms with Crippen LogP contribution >= 0.6 is 0 Å². The molecule has 4 N–H and O–H groups in total. The molecule has 170 valence electrons. The molecule has 0 rings (SSSR count). The average molecular weight is 405 g/mol. The summed E-state index contributed by atoms with van der Waals surface area (Å²) in [4.78, 5) is 0. The van der Waals surface area contributed by atoms with Gasteiger partial charge < -0.3 is 30.4 Å². The van der Waals surface area contributed by atoms with Crippen LogP contribution in [0.2, 0.25) is 0 Å². The number of nitrogens with two attached hydrogens (primary N) is 2. The van der Waals surface area contributed by atoms with Crippen LogP contribution in [0.3, 0.4) is 0 Å². The molecule has 4 atom stereocenters. The Kier molecular flexibility index (Phi) is 13.8. The Balaban J connectivity index is 3.94. The standard InChI is InChI=1S/C22H48N2O4/c1-17(23)14-25-19(3)13-22(7,8)27-12-10-9-11-21(5,6)28-16-20(4)26-15-18(2)24/h17-20H,9-16,23-24H2,1-8H3. The van der Waals surface area contributed by atoms with Crippen molar-refractivity contribution in [2.45, 2.75) is 117 Å². The van der Waals surface area contributed by atoms with Crippen molar-refractivity contribution in [2.75, 3.05) is 26.4 Å². The third-order valence-electron chi connectivity index (χ3n) is 4.44. The van der Waals surface area contributed by atoms with Crippen LogP contribution in [0.15, 0.2) is 0 Å². The molecule has 0 spiro atoms. The fourth-order valence-electron chi connectivity index (χ4n) is 2.91. The van der Waals surface area contributed by atoms with Crippen molar-refractivity contribution in [3.8, 4) is 0 Å². The lowest BCUT2D eigenvalue weighted by molar-refractivity contribution is -0.0831. The number of hydrogen-bond acceptors (Lipinski definition) is 6. The third kappa shape index (κ3) is 16.7. The van der Waals surface area contributed by atoms with Gasteiger partial charge in [-0.15, -0.1) is 0 Å². The molecular weight excluding hydrogens is 356 g/mol. The largest absolute Gasteiger partial charge is 0.377 e. The number of rotatable bonds is 17. The first-order chi connectivity index (χ1) is 12.8. The fourth-order valence-corrected chi connectivity index (χ4v) is 2.91. The van der Waals surface area contributed by atoms with Crippen molar-refractivity contribution < 1.29 is 18.9 Å². The molecule has 0 bridgehead atoms. The van der Waals surface area contributed by atoms with E-state index in [0.717, 1.165) is 32.3 Å². The minimum absolute atomic E-state index is 0.0542. The number of hydrogen-bond donors (Lipinski definition) is 2. The van der Waals surface area contributed by atoms with E-state index in [1.807, 2.05) is 20.8 Å². The van der Waals surface area contributed by atoms with Gasteiger partial charge in [-0.05, 0) is 74.7 Å². The molecule has 0 aromatic carbocycles. The first-order valence-corrected chi connectivity index (χ1v) is 10.9. The highest BCUT2D eigenvalue weighted by Crippen LogP contribution is 2.21. The van der Waals surface area contributed by atoms with E-state index in [0.29, 0.717) is 19.8 Å². The maximum Gasteiger partial charge on any atom is 0.0781 e. The van der Waals surface area contributed by atoms with Gasteiger partial charge in [0.25, 0.3) is 0 Å². The molecule has 0 saturated heterocycles. The maximum atomic E-state index is 6.09. The first-order valence-electron chi connectivity index (χ1n) is 10.9. The molecule has 6 heteroatoms. The van der Waals surface area contributed by atoms with Crippen LogP contribution in [0, 0.1) is 0 Å². The van der Waals surface area contributed by atoms with Crippen molar-refractivity contribution in [3.63, 3.8) is 0 Å².